The summed E-state index contributed by atoms with van der Waals surface area (Å²) in [5, 5.41) is 15.8. The monoisotopic (exact) mass is 643 g/mol. The number of hydrogen-bond donors (Lipinski definition) is 6. The zero-order chi connectivity index (χ0) is 32.6. The fraction of sp³-hybridized carbons (Fsp3) is 0.542. The predicted molar refractivity (Wildman–Crippen MR) is 143 cm³/mol. The quantitative estimate of drug-likeness (QED) is 0.161. The minimum Gasteiger partial charge on any atom is -0.480 e. The zero-order valence-corrected chi connectivity index (χ0v) is 24.6. The Morgan fingerprint density at radius 2 is 1.55 bits per heavy atom. The van der Waals surface area contributed by atoms with Gasteiger partial charge in [-0.1, -0.05) is 25.4 Å². The number of amides is 4. The molecule has 0 saturated heterocycles. The molecule has 1 rings (SSSR count). The van der Waals surface area contributed by atoms with Crippen molar-refractivity contribution in [1.29, 1.82) is 0 Å². The van der Waals surface area contributed by atoms with Crippen molar-refractivity contribution in [3.05, 3.63) is 28.8 Å². The first-order valence-corrected chi connectivity index (χ1v) is 14.3. The number of carboxylic acids is 1. The number of carbonyl (C=O) groups excluding carboxylic acids is 4. The number of carboxylic acid groups (broad SMARTS) is 1. The number of halogens is 4. The molecule has 0 aliphatic rings. The first-order chi connectivity index (χ1) is 19.1. The number of hydrogen-bond acceptors (Lipinski definition) is 7. The summed E-state index contributed by atoms with van der Waals surface area (Å²) in [7, 11) is -4.79. The number of nitrogens with one attached hydrogen (secondary N) is 4. The van der Waals surface area contributed by atoms with E-state index in [1.165, 1.54) is 13.8 Å². The van der Waals surface area contributed by atoms with Crippen LogP contribution in [0.2, 0.25) is 5.02 Å². The average molecular weight is 644 g/mol. The minimum absolute atomic E-state index is 0.0560. The van der Waals surface area contributed by atoms with Crippen LogP contribution in [-0.4, -0.2) is 67.3 Å². The zero-order valence-electron chi connectivity index (χ0n) is 23.0. The molecule has 0 spiro atoms. The van der Waals surface area contributed by atoms with Crippen LogP contribution in [0.25, 0.3) is 0 Å². The highest BCUT2D eigenvalue weighted by Gasteiger charge is 2.35. The molecule has 4 atom stereocenters. The summed E-state index contributed by atoms with van der Waals surface area (Å²) < 4.78 is 66.3. The molecule has 7 N–H and O–H groups in total. The lowest BCUT2D eigenvalue weighted by atomic mass is 10.0. The van der Waals surface area contributed by atoms with E-state index in [1.807, 2.05) is 0 Å². The molecule has 236 valence electrons. The van der Waals surface area contributed by atoms with Gasteiger partial charge in [0, 0.05) is 6.42 Å². The van der Waals surface area contributed by atoms with Crippen molar-refractivity contribution >= 4 is 51.2 Å². The predicted octanol–water partition coefficient (Wildman–Crippen LogP) is 0.896. The number of primary amides is 1. The molecule has 1 aromatic carbocycles. The highest BCUT2D eigenvalue weighted by molar-refractivity contribution is 7.89. The lowest BCUT2D eigenvalue weighted by Gasteiger charge is -2.24. The number of nitrogens with two attached hydrogens (primary N) is 1. The molecular weight excluding hydrogens is 611 g/mol. The van der Waals surface area contributed by atoms with Crippen LogP contribution in [0, 0.1) is 5.92 Å². The molecule has 0 aliphatic carbocycles. The van der Waals surface area contributed by atoms with Gasteiger partial charge >= 0.3 is 12.1 Å². The summed E-state index contributed by atoms with van der Waals surface area (Å²) in [6.45, 7) is 6.20. The topological polar surface area (TPSA) is 214 Å². The Kier molecular flexibility index (Phi) is 13.2. The normalized spacial score (nSPS) is 14.8. The number of benzene rings is 1. The van der Waals surface area contributed by atoms with Crippen molar-refractivity contribution in [1.82, 2.24) is 20.7 Å². The molecule has 0 aliphatic heterocycles. The molecule has 42 heavy (non-hydrogen) atoms. The summed E-state index contributed by atoms with van der Waals surface area (Å²) >= 11 is 5.49. The third-order valence-corrected chi connectivity index (χ3v) is 7.50. The van der Waals surface area contributed by atoms with Gasteiger partial charge in [-0.05, 0) is 50.8 Å². The van der Waals surface area contributed by atoms with Crippen LogP contribution < -0.4 is 26.4 Å². The van der Waals surface area contributed by atoms with E-state index in [0.717, 1.165) is 6.07 Å². The van der Waals surface area contributed by atoms with E-state index in [4.69, 9.17) is 17.3 Å². The van der Waals surface area contributed by atoms with E-state index in [2.05, 4.69) is 16.0 Å². The number of rotatable bonds is 15. The maximum atomic E-state index is 13.1. The Morgan fingerprint density at radius 3 is 2.05 bits per heavy atom. The van der Waals surface area contributed by atoms with Crippen LogP contribution >= 0.6 is 11.6 Å². The maximum Gasteiger partial charge on any atom is 0.417 e. The highest BCUT2D eigenvalue weighted by Crippen LogP contribution is 2.36. The lowest BCUT2D eigenvalue weighted by molar-refractivity contribution is -0.139. The van der Waals surface area contributed by atoms with Gasteiger partial charge in [0.25, 0.3) is 0 Å². The van der Waals surface area contributed by atoms with Crippen molar-refractivity contribution in [2.24, 2.45) is 11.7 Å². The number of aliphatic carboxylic acids is 1. The van der Waals surface area contributed by atoms with Crippen LogP contribution in [0.1, 0.15) is 52.5 Å². The Morgan fingerprint density at radius 1 is 0.952 bits per heavy atom. The number of alkyl halides is 3. The van der Waals surface area contributed by atoms with Crippen LogP contribution in [-0.2, 0) is 40.2 Å². The minimum atomic E-state index is -4.98. The van der Waals surface area contributed by atoms with Crippen molar-refractivity contribution in [3.8, 4) is 0 Å². The fourth-order valence-corrected chi connectivity index (χ4v) is 4.89. The molecule has 0 fully saturated rings. The van der Waals surface area contributed by atoms with E-state index < -0.39 is 98.3 Å². The molecule has 4 amide bonds. The first-order valence-electron chi connectivity index (χ1n) is 12.5. The molecule has 0 heterocycles. The lowest BCUT2D eigenvalue weighted by Crippen LogP contribution is -2.55. The van der Waals surface area contributed by atoms with Gasteiger partial charge in [0.2, 0.25) is 33.7 Å². The summed E-state index contributed by atoms with van der Waals surface area (Å²) in [4.78, 5) is 59.5. The van der Waals surface area contributed by atoms with Gasteiger partial charge in [0.15, 0.2) is 0 Å². The van der Waals surface area contributed by atoms with Crippen LogP contribution in [0.5, 0.6) is 0 Å². The Bertz CT molecular complexity index is 1290. The van der Waals surface area contributed by atoms with Gasteiger partial charge in [-0.3, -0.25) is 24.0 Å². The van der Waals surface area contributed by atoms with E-state index in [0.29, 0.717) is 6.07 Å². The van der Waals surface area contributed by atoms with Gasteiger partial charge < -0.3 is 26.8 Å². The average Bonchev–Trinajstić information content (AvgIpc) is 2.84. The molecule has 0 bridgehead atoms. The summed E-state index contributed by atoms with van der Waals surface area (Å²) in [6, 6.07) is -3.51. The second-order valence-electron chi connectivity index (χ2n) is 9.80. The van der Waals surface area contributed by atoms with Gasteiger partial charge in [-0.2, -0.15) is 17.9 Å². The number of carbonyl (C=O) groups is 5. The first kappa shape index (κ1) is 36.6. The second-order valence-corrected chi connectivity index (χ2v) is 11.9. The van der Waals surface area contributed by atoms with Crippen molar-refractivity contribution in [2.45, 2.75) is 82.2 Å². The van der Waals surface area contributed by atoms with Crippen LogP contribution in [0.3, 0.4) is 0 Å². The summed E-state index contributed by atoms with van der Waals surface area (Å²) in [5.74, 6) is -4.88. The van der Waals surface area contributed by atoms with E-state index >= 15 is 0 Å². The van der Waals surface area contributed by atoms with E-state index in [1.54, 1.807) is 18.6 Å². The Balaban J connectivity index is 2.87. The molecule has 0 aromatic heterocycles. The van der Waals surface area contributed by atoms with Crippen LogP contribution in [0.15, 0.2) is 23.1 Å². The Hall–Kier alpha value is -3.44. The summed E-state index contributed by atoms with van der Waals surface area (Å²) in [6.07, 6.45) is -6.02. The highest BCUT2D eigenvalue weighted by atomic mass is 35.5. The third kappa shape index (κ3) is 11.4. The molecular formula is C24H33ClF3N5O8S. The second kappa shape index (κ2) is 15.2. The molecule has 1 aromatic rings. The van der Waals surface area contributed by atoms with E-state index in [9.17, 15) is 50.7 Å². The van der Waals surface area contributed by atoms with E-state index in [-0.39, 0.29) is 18.4 Å². The van der Waals surface area contributed by atoms with Gasteiger partial charge in [-0.25, -0.2) is 8.42 Å². The van der Waals surface area contributed by atoms with Crippen molar-refractivity contribution < 1.29 is 50.7 Å². The van der Waals surface area contributed by atoms with Crippen molar-refractivity contribution in [3.63, 3.8) is 0 Å². The molecule has 0 radical (unpaired) electrons. The smallest absolute Gasteiger partial charge is 0.417 e. The summed E-state index contributed by atoms with van der Waals surface area (Å²) in [5.41, 5.74) is 3.70. The molecule has 18 heteroatoms. The van der Waals surface area contributed by atoms with Gasteiger partial charge in [0.05, 0.1) is 15.5 Å². The largest absolute Gasteiger partial charge is 0.480 e. The maximum absolute atomic E-state index is 13.1. The fourth-order valence-electron chi connectivity index (χ4n) is 3.42. The molecule has 0 saturated carbocycles. The number of sulfonamides is 1. The van der Waals surface area contributed by atoms with Gasteiger partial charge in [0.1, 0.15) is 24.2 Å². The van der Waals surface area contributed by atoms with Gasteiger partial charge in [-0.15, -0.1) is 0 Å². The van der Waals surface area contributed by atoms with Crippen LogP contribution in [0.4, 0.5) is 13.2 Å². The molecule has 13 nitrogen and oxygen atoms in total. The molecule has 0 unspecified atom stereocenters. The Labute approximate surface area is 245 Å². The standard InChI is InChI=1S/C24H33ClF3N5O8S/c1-11(2)9-18(22(37)31-12(3)20(29)35)32-21(36)13(4)30-19(34)8-7-17(23(38)39)33-42(40,41)14-5-6-16(25)15(10-14)24(26,27)28/h5-6,10-13,17-18,33H,7-9H2,1-4H3,(H2,29,35)(H,30,34)(H,31,37)(H,32,36)(H,38,39)/t12-,13-,17-,18-/m0/s1. The third-order valence-electron chi connectivity index (χ3n) is 5.71. The van der Waals surface area contributed by atoms with Crippen molar-refractivity contribution in [2.75, 3.05) is 0 Å². The SMILES string of the molecule is CC(C)C[C@H](NC(=O)[C@H](C)NC(=O)CC[C@H](NS(=O)(=O)c1ccc(Cl)c(C(F)(F)F)c1)C(=O)O)C(=O)N[C@@H](C)C(N)=O.